The second-order valence-electron chi connectivity index (χ2n) is 8.72. The summed E-state index contributed by atoms with van der Waals surface area (Å²) >= 11 is 1.27. The molecule has 1 aromatic heterocycles. The molecule has 0 saturated carbocycles. The minimum Gasteiger partial charge on any atom is -0.376 e. The van der Waals surface area contributed by atoms with Crippen molar-refractivity contribution < 1.29 is 22.7 Å². The highest BCUT2D eigenvalue weighted by Gasteiger charge is 2.27. The molecule has 1 fully saturated rings. The minimum absolute atomic E-state index is 0.105. The molecule has 1 aliphatic rings. The second-order valence-corrected chi connectivity index (χ2v) is 11.7. The quantitative estimate of drug-likeness (QED) is 0.326. The van der Waals surface area contributed by atoms with Crippen molar-refractivity contribution in [3.63, 3.8) is 0 Å². The lowest BCUT2D eigenvalue weighted by Crippen LogP contribution is -2.37. The van der Waals surface area contributed by atoms with E-state index in [0.29, 0.717) is 45.2 Å². The van der Waals surface area contributed by atoms with E-state index in [1.807, 2.05) is 18.2 Å². The maximum Gasteiger partial charge on any atom is 0.260 e. The summed E-state index contributed by atoms with van der Waals surface area (Å²) in [7, 11) is -3.36. The molecule has 3 aromatic carbocycles. The number of nitrogens with zero attached hydrogens (tertiary/aromatic N) is 2. The van der Waals surface area contributed by atoms with Crippen LogP contribution in [0.1, 0.15) is 39.1 Å². The summed E-state index contributed by atoms with van der Waals surface area (Å²) in [4.78, 5) is 32.8. The Kier molecular flexibility index (Phi) is 6.70. The zero-order chi connectivity index (χ0) is 25.3. The number of carbonyl (C=O) groups is 2. The van der Waals surface area contributed by atoms with Crippen molar-refractivity contribution in [2.24, 2.45) is 0 Å². The summed E-state index contributed by atoms with van der Waals surface area (Å²) in [5.74, 6) is -0.370. The third kappa shape index (κ3) is 5.09. The first kappa shape index (κ1) is 24.3. The number of benzene rings is 3. The van der Waals surface area contributed by atoms with E-state index in [-0.39, 0.29) is 22.7 Å². The Balaban J connectivity index is 1.46. The van der Waals surface area contributed by atoms with Crippen LogP contribution in [0.2, 0.25) is 0 Å². The van der Waals surface area contributed by atoms with Gasteiger partial charge in [-0.25, -0.2) is 13.4 Å². The van der Waals surface area contributed by atoms with Gasteiger partial charge in [0.1, 0.15) is 0 Å². The Bertz CT molecular complexity index is 1520. The number of carbonyl (C=O) groups excluding carboxylic acids is 2. The smallest absolute Gasteiger partial charge is 0.260 e. The lowest BCUT2D eigenvalue weighted by atomic mass is 10.0. The van der Waals surface area contributed by atoms with E-state index in [1.54, 1.807) is 53.4 Å². The maximum atomic E-state index is 13.6. The van der Waals surface area contributed by atoms with Gasteiger partial charge in [0.25, 0.3) is 5.91 Å². The molecular weight excluding hydrogens is 496 g/mol. The Morgan fingerprint density at radius 3 is 2.36 bits per heavy atom. The molecule has 1 amide bonds. The molecule has 0 spiro atoms. The van der Waals surface area contributed by atoms with Crippen molar-refractivity contribution in [3.05, 3.63) is 89.5 Å². The van der Waals surface area contributed by atoms with Crippen molar-refractivity contribution in [2.75, 3.05) is 24.3 Å². The average molecular weight is 521 g/mol. The van der Waals surface area contributed by atoms with Crippen LogP contribution in [0.5, 0.6) is 0 Å². The van der Waals surface area contributed by atoms with Gasteiger partial charge in [0.15, 0.2) is 20.8 Å². The van der Waals surface area contributed by atoms with Crippen LogP contribution in [-0.4, -0.2) is 50.6 Å². The number of hydrogen-bond acceptors (Lipinski definition) is 7. The van der Waals surface area contributed by atoms with Crippen LogP contribution < -0.4 is 4.90 Å². The average Bonchev–Trinajstić information content (AvgIpc) is 3.56. The van der Waals surface area contributed by atoms with Crippen LogP contribution in [0.15, 0.2) is 77.7 Å². The molecule has 9 heteroatoms. The Morgan fingerprint density at radius 2 is 1.69 bits per heavy atom. The SMILES string of the molecule is CS(=O)(=O)c1ccc2nc(N(CC3CCCO3)C(=O)c3ccc(C(=O)c4ccccc4)cc3)sc2c1. The van der Waals surface area contributed by atoms with E-state index >= 15 is 0 Å². The van der Waals surface area contributed by atoms with Gasteiger partial charge in [0, 0.05) is 29.6 Å². The molecular formula is C27H24N2O5S2. The Morgan fingerprint density at radius 1 is 1.00 bits per heavy atom. The largest absolute Gasteiger partial charge is 0.376 e. The van der Waals surface area contributed by atoms with E-state index in [0.717, 1.165) is 19.1 Å². The van der Waals surface area contributed by atoms with Crippen LogP contribution in [0.25, 0.3) is 10.2 Å². The first-order valence-electron chi connectivity index (χ1n) is 11.5. The van der Waals surface area contributed by atoms with Gasteiger partial charge < -0.3 is 4.74 Å². The van der Waals surface area contributed by atoms with Crippen LogP contribution in [0, 0.1) is 0 Å². The van der Waals surface area contributed by atoms with Crippen molar-refractivity contribution >= 4 is 48.2 Å². The zero-order valence-corrected chi connectivity index (χ0v) is 21.2. The first-order chi connectivity index (χ1) is 17.3. The molecule has 36 heavy (non-hydrogen) atoms. The fourth-order valence-electron chi connectivity index (χ4n) is 4.15. The molecule has 2 heterocycles. The lowest BCUT2D eigenvalue weighted by molar-refractivity contribution is 0.0917. The van der Waals surface area contributed by atoms with E-state index < -0.39 is 9.84 Å². The zero-order valence-electron chi connectivity index (χ0n) is 19.6. The van der Waals surface area contributed by atoms with Gasteiger partial charge in [-0.2, -0.15) is 0 Å². The molecule has 1 saturated heterocycles. The predicted octanol–water partition coefficient (Wildman–Crippen LogP) is 4.76. The molecule has 0 aliphatic carbocycles. The number of hydrogen-bond donors (Lipinski definition) is 0. The van der Waals surface area contributed by atoms with Crippen LogP contribution in [0.3, 0.4) is 0 Å². The lowest BCUT2D eigenvalue weighted by Gasteiger charge is -2.23. The molecule has 0 radical (unpaired) electrons. The van der Waals surface area contributed by atoms with Crippen LogP contribution in [-0.2, 0) is 14.6 Å². The molecule has 4 aromatic rings. The third-order valence-electron chi connectivity index (χ3n) is 6.09. The monoisotopic (exact) mass is 520 g/mol. The van der Waals surface area contributed by atoms with Gasteiger partial charge in [-0.05, 0) is 43.2 Å². The standard InChI is InChI=1S/C27H24N2O5S2/c1-36(32,33)22-13-14-23-24(16-22)35-27(28-23)29(17-21-8-5-15-34-21)26(31)20-11-9-19(10-12-20)25(30)18-6-3-2-4-7-18/h2-4,6-7,9-14,16,21H,5,8,15,17H2,1H3. The Labute approximate surface area is 213 Å². The van der Waals surface area contributed by atoms with E-state index in [2.05, 4.69) is 4.98 Å². The summed E-state index contributed by atoms with van der Waals surface area (Å²) in [6, 6.07) is 20.4. The van der Waals surface area contributed by atoms with Gasteiger partial charge in [-0.3, -0.25) is 14.5 Å². The van der Waals surface area contributed by atoms with E-state index in [1.165, 1.54) is 17.4 Å². The summed E-state index contributed by atoms with van der Waals surface area (Å²) in [6.07, 6.45) is 2.83. The number of aromatic nitrogens is 1. The molecule has 5 rings (SSSR count). The van der Waals surface area contributed by atoms with E-state index in [9.17, 15) is 18.0 Å². The summed E-state index contributed by atoms with van der Waals surface area (Å²) in [6.45, 7) is 0.989. The number of amides is 1. The van der Waals surface area contributed by atoms with Crippen molar-refractivity contribution in [1.29, 1.82) is 0 Å². The van der Waals surface area contributed by atoms with Gasteiger partial charge in [-0.1, -0.05) is 53.8 Å². The topological polar surface area (TPSA) is 93.6 Å². The number of ether oxygens (including phenoxy) is 1. The fourth-order valence-corrected chi connectivity index (χ4v) is 5.89. The number of sulfone groups is 1. The molecule has 0 bridgehead atoms. The number of anilines is 1. The van der Waals surface area contributed by atoms with E-state index in [4.69, 9.17) is 4.74 Å². The molecule has 7 nitrogen and oxygen atoms in total. The molecule has 184 valence electrons. The summed E-state index contributed by atoms with van der Waals surface area (Å²) in [5, 5.41) is 0.473. The molecule has 1 unspecified atom stereocenters. The summed E-state index contributed by atoms with van der Waals surface area (Å²) in [5.41, 5.74) is 2.13. The number of ketones is 1. The Hall–Kier alpha value is -3.40. The second kappa shape index (κ2) is 9.93. The molecule has 0 N–H and O–H groups in total. The highest BCUT2D eigenvalue weighted by atomic mass is 32.2. The van der Waals surface area contributed by atoms with Gasteiger partial charge in [0.05, 0.1) is 27.8 Å². The van der Waals surface area contributed by atoms with Crippen molar-refractivity contribution in [2.45, 2.75) is 23.8 Å². The molecule has 1 atom stereocenters. The fraction of sp³-hybridized carbons (Fsp3) is 0.222. The minimum atomic E-state index is -3.36. The van der Waals surface area contributed by atoms with Gasteiger partial charge in [-0.15, -0.1) is 0 Å². The van der Waals surface area contributed by atoms with Crippen molar-refractivity contribution in [1.82, 2.24) is 4.98 Å². The van der Waals surface area contributed by atoms with Gasteiger partial charge in [0.2, 0.25) is 0 Å². The number of thiazole rings is 1. The molecule has 1 aliphatic heterocycles. The summed E-state index contributed by atoms with van der Waals surface area (Å²) < 4.78 is 30.4. The maximum absolute atomic E-state index is 13.6. The highest BCUT2D eigenvalue weighted by Crippen LogP contribution is 2.32. The van der Waals surface area contributed by atoms with Gasteiger partial charge >= 0.3 is 0 Å². The first-order valence-corrected chi connectivity index (χ1v) is 14.2. The predicted molar refractivity (Wildman–Crippen MR) is 140 cm³/mol. The van der Waals surface area contributed by atoms with Crippen LogP contribution >= 0.6 is 11.3 Å². The van der Waals surface area contributed by atoms with Crippen LogP contribution in [0.4, 0.5) is 5.13 Å². The number of fused-ring (bicyclic) bond motifs is 1. The normalized spacial score (nSPS) is 15.8. The third-order valence-corrected chi connectivity index (χ3v) is 8.24. The number of rotatable bonds is 7. The van der Waals surface area contributed by atoms with Crippen molar-refractivity contribution in [3.8, 4) is 0 Å². The highest BCUT2D eigenvalue weighted by molar-refractivity contribution is 7.90.